The fraction of sp³-hybridized carbons (Fsp3) is 0.174. The lowest BCUT2D eigenvalue weighted by atomic mass is 10.1. The molecule has 3 aromatic rings. The zero-order valence-electron chi connectivity index (χ0n) is 15.0. The first-order chi connectivity index (χ1) is 13.2. The Labute approximate surface area is 164 Å². The van der Waals surface area contributed by atoms with Crippen LogP contribution in [0.25, 0.3) is 0 Å². The molecule has 0 aromatic heterocycles. The van der Waals surface area contributed by atoms with Crippen molar-refractivity contribution in [2.24, 2.45) is 0 Å². The SMILES string of the molecule is O=C(Cc1cc(Cl)cc(NCCc2ccccc2)c1)OCc1ccccc1. The predicted octanol–water partition coefficient (Wildman–Crippen LogP) is 5.28. The summed E-state index contributed by atoms with van der Waals surface area (Å²) in [7, 11) is 0. The van der Waals surface area contributed by atoms with Crippen molar-refractivity contribution in [1.82, 2.24) is 0 Å². The summed E-state index contributed by atoms with van der Waals surface area (Å²) in [4.78, 5) is 12.1. The summed E-state index contributed by atoms with van der Waals surface area (Å²) in [6, 6.07) is 25.5. The third-order valence-corrected chi connectivity index (χ3v) is 4.35. The monoisotopic (exact) mass is 379 g/mol. The van der Waals surface area contributed by atoms with Crippen LogP contribution in [0.3, 0.4) is 0 Å². The van der Waals surface area contributed by atoms with Crippen LogP contribution >= 0.6 is 11.6 Å². The third-order valence-electron chi connectivity index (χ3n) is 4.13. The maximum Gasteiger partial charge on any atom is 0.310 e. The Kier molecular flexibility index (Phi) is 6.89. The maximum absolute atomic E-state index is 12.1. The molecule has 4 heteroatoms. The lowest BCUT2D eigenvalue weighted by Crippen LogP contribution is -2.09. The van der Waals surface area contributed by atoms with Gasteiger partial charge in [-0.2, -0.15) is 0 Å². The second-order valence-corrected chi connectivity index (χ2v) is 6.77. The number of anilines is 1. The van der Waals surface area contributed by atoms with Gasteiger partial charge in [0.05, 0.1) is 6.42 Å². The number of ether oxygens (including phenoxy) is 1. The Hall–Kier alpha value is -2.78. The second-order valence-electron chi connectivity index (χ2n) is 6.33. The van der Waals surface area contributed by atoms with Crippen molar-refractivity contribution in [3.63, 3.8) is 0 Å². The van der Waals surface area contributed by atoms with Gasteiger partial charge in [-0.3, -0.25) is 4.79 Å². The number of carbonyl (C=O) groups is 1. The van der Waals surface area contributed by atoms with E-state index in [2.05, 4.69) is 17.4 Å². The highest BCUT2D eigenvalue weighted by Crippen LogP contribution is 2.20. The zero-order chi connectivity index (χ0) is 18.9. The molecule has 3 nitrogen and oxygen atoms in total. The molecule has 0 aliphatic carbocycles. The number of hydrogen-bond acceptors (Lipinski definition) is 3. The van der Waals surface area contributed by atoms with Gasteiger partial charge in [0.15, 0.2) is 0 Å². The Morgan fingerprint density at radius 1 is 0.852 bits per heavy atom. The highest BCUT2D eigenvalue weighted by atomic mass is 35.5. The Morgan fingerprint density at radius 2 is 1.52 bits per heavy atom. The van der Waals surface area contributed by atoms with Gasteiger partial charge in [0.2, 0.25) is 0 Å². The molecule has 0 heterocycles. The molecule has 3 aromatic carbocycles. The summed E-state index contributed by atoms with van der Waals surface area (Å²) in [6.45, 7) is 1.07. The molecular formula is C23H22ClNO2. The molecule has 0 unspecified atom stereocenters. The number of hydrogen-bond donors (Lipinski definition) is 1. The van der Waals surface area contributed by atoms with Crippen LogP contribution in [-0.2, 0) is 29.0 Å². The molecule has 0 spiro atoms. The number of benzene rings is 3. The van der Waals surface area contributed by atoms with E-state index in [4.69, 9.17) is 16.3 Å². The summed E-state index contributed by atoms with van der Waals surface area (Å²) in [6.07, 6.45) is 1.11. The molecule has 0 fully saturated rings. The summed E-state index contributed by atoms with van der Waals surface area (Å²) >= 11 is 6.21. The van der Waals surface area contributed by atoms with E-state index in [0.717, 1.165) is 29.8 Å². The van der Waals surface area contributed by atoms with Gasteiger partial charge in [-0.25, -0.2) is 0 Å². The molecule has 0 saturated carbocycles. The van der Waals surface area contributed by atoms with E-state index in [9.17, 15) is 4.79 Å². The third kappa shape index (κ3) is 6.46. The van der Waals surface area contributed by atoms with Gasteiger partial charge in [-0.1, -0.05) is 72.3 Å². The largest absolute Gasteiger partial charge is 0.461 e. The molecule has 138 valence electrons. The van der Waals surface area contributed by atoms with E-state index in [1.54, 1.807) is 6.07 Å². The van der Waals surface area contributed by atoms with E-state index < -0.39 is 0 Å². The van der Waals surface area contributed by atoms with Crippen molar-refractivity contribution in [1.29, 1.82) is 0 Å². The average Bonchev–Trinajstić information content (AvgIpc) is 2.68. The molecule has 27 heavy (non-hydrogen) atoms. The molecule has 0 aliphatic rings. The molecule has 0 amide bonds. The van der Waals surface area contributed by atoms with Crippen molar-refractivity contribution in [2.45, 2.75) is 19.4 Å². The molecule has 3 rings (SSSR count). The van der Waals surface area contributed by atoms with Gasteiger partial charge in [0.25, 0.3) is 0 Å². The molecule has 0 atom stereocenters. The predicted molar refractivity (Wildman–Crippen MR) is 110 cm³/mol. The molecule has 0 radical (unpaired) electrons. The minimum absolute atomic E-state index is 0.195. The lowest BCUT2D eigenvalue weighted by molar-refractivity contribution is -0.144. The highest BCUT2D eigenvalue weighted by Gasteiger charge is 2.08. The van der Waals surface area contributed by atoms with Crippen molar-refractivity contribution >= 4 is 23.3 Å². The summed E-state index contributed by atoms with van der Waals surface area (Å²) in [5.41, 5.74) is 3.99. The van der Waals surface area contributed by atoms with Crippen LogP contribution in [0.2, 0.25) is 5.02 Å². The van der Waals surface area contributed by atoms with E-state index in [1.807, 2.05) is 60.7 Å². The molecular weight excluding hydrogens is 358 g/mol. The van der Waals surface area contributed by atoms with Crippen LogP contribution in [0.4, 0.5) is 5.69 Å². The van der Waals surface area contributed by atoms with Gasteiger partial charge in [0, 0.05) is 17.3 Å². The number of rotatable bonds is 8. The van der Waals surface area contributed by atoms with E-state index in [-0.39, 0.29) is 19.0 Å². The minimum atomic E-state index is -0.267. The number of esters is 1. The van der Waals surface area contributed by atoms with Crippen molar-refractivity contribution in [3.8, 4) is 0 Å². The van der Waals surface area contributed by atoms with Gasteiger partial charge in [-0.05, 0) is 41.3 Å². The van der Waals surface area contributed by atoms with Gasteiger partial charge in [0.1, 0.15) is 6.61 Å². The smallest absolute Gasteiger partial charge is 0.310 e. The van der Waals surface area contributed by atoms with Crippen LogP contribution in [0.15, 0.2) is 78.9 Å². The second kappa shape index (κ2) is 9.79. The van der Waals surface area contributed by atoms with Crippen LogP contribution in [0.5, 0.6) is 0 Å². The van der Waals surface area contributed by atoms with Crippen molar-refractivity contribution in [2.75, 3.05) is 11.9 Å². The first kappa shape index (κ1) is 19.0. The van der Waals surface area contributed by atoms with Crippen LogP contribution in [-0.4, -0.2) is 12.5 Å². The van der Waals surface area contributed by atoms with Gasteiger partial charge < -0.3 is 10.1 Å². The Morgan fingerprint density at radius 3 is 2.22 bits per heavy atom. The quantitative estimate of drug-likeness (QED) is 0.541. The maximum atomic E-state index is 12.1. The van der Waals surface area contributed by atoms with Crippen molar-refractivity contribution in [3.05, 3.63) is 101 Å². The first-order valence-electron chi connectivity index (χ1n) is 8.96. The average molecular weight is 380 g/mol. The van der Waals surface area contributed by atoms with Crippen LogP contribution in [0.1, 0.15) is 16.7 Å². The van der Waals surface area contributed by atoms with Crippen LogP contribution in [0, 0.1) is 0 Å². The van der Waals surface area contributed by atoms with Gasteiger partial charge >= 0.3 is 5.97 Å². The highest BCUT2D eigenvalue weighted by molar-refractivity contribution is 6.31. The van der Waals surface area contributed by atoms with Crippen LogP contribution < -0.4 is 5.32 Å². The standard InChI is InChI=1S/C23H22ClNO2/c24-21-13-20(15-23(26)27-17-19-9-5-2-6-10-19)14-22(16-21)25-12-11-18-7-3-1-4-8-18/h1-10,13-14,16,25H,11-12,15,17H2. The molecule has 0 bridgehead atoms. The number of carbonyl (C=O) groups excluding carboxylic acids is 1. The summed E-state index contributed by atoms with van der Waals surface area (Å²) in [5.74, 6) is -0.267. The topological polar surface area (TPSA) is 38.3 Å². The van der Waals surface area contributed by atoms with Gasteiger partial charge in [-0.15, -0.1) is 0 Å². The van der Waals surface area contributed by atoms with E-state index in [1.165, 1.54) is 5.56 Å². The van der Waals surface area contributed by atoms with Crippen molar-refractivity contribution < 1.29 is 9.53 Å². The van der Waals surface area contributed by atoms with E-state index >= 15 is 0 Å². The fourth-order valence-electron chi connectivity index (χ4n) is 2.81. The number of nitrogens with one attached hydrogen (secondary N) is 1. The summed E-state index contributed by atoms with van der Waals surface area (Å²) in [5, 5.41) is 3.97. The Balaban J connectivity index is 1.52. The number of halogens is 1. The lowest BCUT2D eigenvalue weighted by Gasteiger charge is -2.10. The zero-order valence-corrected chi connectivity index (χ0v) is 15.8. The molecule has 0 saturated heterocycles. The first-order valence-corrected chi connectivity index (χ1v) is 9.34. The molecule has 1 N–H and O–H groups in total. The Bertz CT molecular complexity index is 866. The molecule has 0 aliphatic heterocycles. The fourth-order valence-corrected chi connectivity index (χ4v) is 3.06. The summed E-state index contributed by atoms with van der Waals surface area (Å²) < 4.78 is 5.35. The minimum Gasteiger partial charge on any atom is -0.461 e. The van der Waals surface area contributed by atoms with E-state index in [0.29, 0.717) is 5.02 Å². The normalized spacial score (nSPS) is 10.4.